The largest absolute Gasteiger partial charge is 0.489 e. The van der Waals surface area contributed by atoms with E-state index in [0.717, 1.165) is 24.2 Å². The summed E-state index contributed by atoms with van der Waals surface area (Å²) in [6, 6.07) is 8.11. The molecule has 0 heterocycles. The summed E-state index contributed by atoms with van der Waals surface area (Å²) in [6.07, 6.45) is 2.59. The Kier molecular flexibility index (Phi) is 2.64. The second kappa shape index (κ2) is 3.94. The molecular formula is C13H15NO. The van der Waals surface area contributed by atoms with E-state index in [0.29, 0.717) is 17.6 Å². The third-order valence-electron chi connectivity index (χ3n) is 2.61. The summed E-state index contributed by atoms with van der Waals surface area (Å²) < 4.78 is 5.72. The van der Waals surface area contributed by atoms with E-state index in [1.54, 1.807) is 0 Å². The fourth-order valence-electron chi connectivity index (χ4n) is 1.61. The maximum atomic E-state index is 9.15. The van der Waals surface area contributed by atoms with Crippen molar-refractivity contribution in [3.05, 3.63) is 29.3 Å². The Balaban J connectivity index is 2.36. The Labute approximate surface area is 90.5 Å². The van der Waals surface area contributed by atoms with Gasteiger partial charge in [-0.3, -0.25) is 0 Å². The first-order chi connectivity index (χ1) is 7.22. The van der Waals surface area contributed by atoms with Gasteiger partial charge in [-0.05, 0) is 30.4 Å². The molecule has 0 spiro atoms. The number of nitrogens with zero attached hydrogens (tertiary/aromatic N) is 1. The van der Waals surface area contributed by atoms with E-state index in [-0.39, 0.29) is 0 Å². The van der Waals surface area contributed by atoms with Gasteiger partial charge in [-0.25, -0.2) is 0 Å². The Morgan fingerprint density at radius 2 is 2.13 bits per heavy atom. The van der Waals surface area contributed by atoms with Crippen LogP contribution in [0, 0.1) is 11.3 Å². The normalized spacial score (nSPS) is 15.1. The highest BCUT2D eigenvalue weighted by atomic mass is 16.5. The van der Waals surface area contributed by atoms with Gasteiger partial charge < -0.3 is 4.74 Å². The van der Waals surface area contributed by atoms with E-state index in [1.165, 1.54) is 0 Å². The monoisotopic (exact) mass is 201 g/mol. The lowest BCUT2D eigenvalue weighted by Gasteiger charge is -2.12. The van der Waals surface area contributed by atoms with Gasteiger partial charge in [0.1, 0.15) is 11.8 Å². The zero-order valence-corrected chi connectivity index (χ0v) is 9.16. The summed E-state index contributed by atoms with van der Waals surface area (Å²) in [6.45, 7) is 4.19. The molecule has 0 radical (unpaired) electrons. The number of nitriles is 1. The zero-order valence-electron chi connectivity index (χ0n) is 9.16. The zero-order chi connectivity index (χ0) is 10.8. The highest BCUT2D eigenvalue weighted by Crippen LogP contribution is 2.32. The van der Waals surface area contributed by atoms with Gasteiger partial charge in [0, 0.05) is 0 Å². The average Bonchev–Trinajstić information content (AvgIpc) is 3.01. The minimum atomic E-state index is 0.347. The standard InChI is InChI=1S/C13H15NO/c1-9(2)11-4-3-5-13(12(11)8-14)15-10-6-7-10/h3-5,9-10H,6-7H2,1-2H3. The second-order valence-electron chi connectivity index (χ2n) is 4.30. The lowest BCUT2D eigenvalue weighted by atomic mass is 9.97. The first kappa shape index (κ1) is 10.0. The average molecular weight is 201 g/mol. The van der Waals surface area contributed by atoms with Gasteiger partial charge in [-0.2, -0.15) is 5.26 Å². The summed E-state index contributed by atoms with van der Waals surface area (Å²) in [5.74, 6) is 1.12. The Hall–Kier alpha value is -1.49. The summed E-state index contributed by atoms with van der Waals surface area (Å²) >= 11 is 0. The first-order valence-electron chi connectivity index (χ1n) is 5.42. The Morgan fingerprint density at radius 1 is 1.40 bits per heavy atom. The summed E-state index contributed by atoms with van der Waals surface area (Å²) in [5.41, 5.74) is 1.79. The molecule has 0 amide bonds. The molecule has 78 valence electrons. The molecule has 15 heavy (non-hydrogen) atoms. The minimum absolute atomic E-state index is 0.347. The molecule has 1 fully saturated rings. The van der Waals surface area contributed by atoms with Crippen LogP contribution >= 0.6 is 0 Å². The van der Waals surface area contributed by atoms with Crippen molar-refractivity contribution in [2.75, 3.05) is 0 Å². The van der Waals surface area contributed by atoms with Gasteiger partial charge in [0.05, 0.1) is 11.7 Å². The molecule has 1 aliphatic rings. The quantitative estimate of drug-likeness (QED) is 0.752. The summed E-state index contributed by atoms with van der Waals surface area (Å²) in [4.78, 5) is 0. The molecule has 1 aliphatic carbocycles. The van der Waals surface area contributed by atoms with Crippen molar-refractivity contribution >= 4 is 0 Å². The van der Waals surface area contributed by atoms with Crippen molar-refractivity contribution in [1.29, 1.82) is 5.26 Å². The van der Waals surface area contributed by atoms with Crippen LogP contribution < -0.4 is 4.74 Å². The number of ether oxygens (including phenoxy) is 1. The van der Waals surface area contributed by atoms with Crippen LogP contribution in [-0.4, -0.2) is 6.10 Å². The Bertz CT molecular complexity index is 399. The fraction of sp³-hybridized carbons (Fsp3) is 0.462. The van der Waals surface area contributed by atoms with E-state index in [2.05, 4.69) is 19.9 Å². The highest BCUT2D eigenvalue weighted by Gasteiger charge is 2.25. The summed E-state index contributed by atoms with van der Waals surface area (Å²) in [7, 11) is 0. The molecule has 1 saturated carbocycles. The van der Waals surface area contributed by atoms with E-state index in [1.807, 2.05) is 18.2 Å². The van der Waals surface area contributed by atoms with Crippen LogP contribution in [0.1, 0.15) is 43.7 Å². The molecule has 0 bridgehead atoms. The van der Waals surface area contributed by atoms with Crippen LogP contribution in [-0.2, 0) is 0 Å². The predicted octanol–water partition coefficient (Wildman–Crippen LogP) is 3.22. The van der Waals surface area contributed by atoms with Crippen LogP contribution in [0.3, 0.4) is 0 Å². The van der Waals surface area contributed by atoms with Crippen LogP contribution in [0.15, 0.2) is 18.2 Å². The molecule has 2 heteroatoms. The maximum absolute atomic E-state index is 9.15. The molecule has 0 saturated heterocycles. The van der Waals surface area contributed by atoms with Crippen molar-refractivity contribution < 1.29 is 4.74 Å². The minimum Gasteiger partial charge on any atom is -0.489 e. The van der Waals surface area contributed by atoms with Gasteiger partial charge in [0.2, 0.25) is 0 Å². The van der Waals surface area contributed by atoms with Crippen LogP contribution in [0.2, 0.25) is 0 Å². The molecule has 1 aromatic carbocycles. The summed E-state index contributed by atoms with van der Waals surface area (Å²) in [5, 5.41) is 9.15. The molecule has 2 rings (SSSR count). The van der Waals surface area contributed by atoms with Crippen LogP contribution in [0.5, 0.6) is 5.75 Å². The molecular weight excluding hydrogens is 186 g/mol. The van der Waals surface area contributed by atoms with Crippen molar-refractivity contribution in [1.82, 2.24) is 0 Å². The molecule has 0 aliphatic heterocycles. The van der Waals surface area contributed by atoms with Crippen molar-refractivity contribution in [2.24, 2.45) is 0 Å². The number of hydrogen-bond acceptors (Lipinski definition) is 2. The van der Waals surface area contributed by atoms with E-state index >= 15 is 0 Å². The van der Waals surface area contributed by atoms with E-state index in [4.69, 9.17) is 10.00 Å². The van der Waals surface area contributed by atoms with Gasteiger partial charge in [-0.1, -0.05) is 26.0 Å². The van der Waals surface area contributed by atoms with Gasteiger partial charge >= 0.3 is 0 Å². The molecule has 0 aromatic heterocycles. The molecule has 0 unspecified atom stereocenters. The van der Waals surface area contributed by atoms with Crippen molar-refractivity contribution in [3.8, 4) is 11.8 Å². The number of rotatable bonds is 3. The lowest BCUT2D eigenvalue weighted by Crippen LogP contribution is -2.01. The third kappa shape index (κ3) is 2.12. The molecule has 1 aromatic rings. The third-order valence-corrected chi connectivity index (χ3v) is 2.61. The van der Waals surface area contributed by atoms with Crippen LogP contribution in [0.25, 0.3) is 0 Å². The topological polar surface area (TPSA) is 33.0 Å². The van der Waals surface area contributed by atoms with Gasteiger partial charge in [0.15, 0.2) is 0 Å². The van der Waals surface area contributed by atoms with Gasteiger partial charge in [-0.15, -0.1) is 0 Å². The SMILES string of the molecule is CC(C)c1cccc(OC2CC2)c1C#N. The first-order valence-corrected chi connectivity index (χ1v) is 5.42. The number of benzene rings is 1. The van der Waals surface area contributed by atoms with Crippen molar-refractivity contribution in [2.45, 2.75) is 38.7 Å². The smallest absolute Gasteiger partial charge is 0.137 e. The maximum Gasteiger partial charge on any atom is 0.137 e. The molecule has 2 nitrogen and oxygen atoms in total. The molecule has 0 atom stereocenters. The van der Waals surface area contributed by atoms with E-state index in [9.17, 15) is 0 Å². The lowest BCUT2D eigenvalue weighted by molar-refractivity contribution is 0.302. The van der Waals surface area contributed by atoms with Crippen LogP contribution in [0.4, 0.5) is 0 Å². The molecule has 0 N–H and O–H groups in total. The number of hydrogen-bond donors (Lipinski definition) is 0. The van der Waals surface area contributed by atoms with E-state index < -0.39 is 0 Å². The second-order valence-corrected chi connectivity index (χ2v) is 4.30. The van der Waals surface area contributed by atoms with Crippen molar-refractivity contribution in [3.63, 3.8) is 0 Å². The highest BCUT2D eigenvalue weighted by molar-refractivity contribution is 5.50. The predicted molar refractivity (Wildman–Crippen MR) is 58.9 cm³/mol. The fourth-order valence-corrected chi connectivity index (χ4v) is 1.61. The van der Waals surface area contributed by atoms with Gasteiger partial charge in [0.25, 0.3) is 0 Å². The Morgan fingerprint density at radius 3 is 2.67 bits per heavy atom.